The summed E-state index contributed by atoms with van der Waals surface area (Å²) < 4.78 is 12.1. The number of ketones is 2. The lowest BCUT2D eigenvalue weighted by Crippen LogP contribution is -2.42. The molecule has 288 valence electrons. The summed E-state index contributed by atoms with van der Waals surface area (Å²) in [6, 6.07) is 32.7. The van der Waals surface area contributed by atoms with Crippen LogP contribution in [0.5, 0.6) is 11.5 Å². The number of likely N-dealkylation sites (tertiary alicyclic amines) is 1. The third-order valence-corrected chi connectivity index (χ3v) is 10.2. The fourth-order valence-corrected chi connectivity index (χ4v) is 7.04. The minimum absolute atomic E-state index is 0.0692. The van der Waals surface area contributed by atoms with Gasteiger partial charge in [-0.05, 0) is 118 Å². The van der Waals surface area contributed by atoms with Crippen molar-refractivity contribution in [2.24, 2.45) is 0 Å². The van der Waals surface area contributed by atoms with E-state index in [0.29, 0.717) is 58.2 Å². The van der Waals surface area contributed by atoms with E-state index in [1.807, 2.05) is 88.4 Å². The quantitative estimate of drug-likeness (QED) is 0.107. The standard InChI is InChI=1S/C47H49N3O6/c1-32-15-9-10-18-38(32)47(54)37-21-22-42(34(3)27-37)56-31-45(52)50(26-25-49-23-13-6-14-24-49)41-20-12-11-19-40(41)48-44(51)30-55-43-29-33(2)39(28-35(43)4)46(53)36-16-7-5-8-17-36/h5,7-12,15-22,27-29H,6,13-14,23-26,30-31H2,1-4H3,(H,48,51). The summed E-state index contributed by atoms with van der Waals surface area (Å²) in [5.41, 5.74) is 6.54. The zero-order valence-corrected chi connectivity index (χ0v) is 32.6. The first kappa shape index (κ1) is 39.6. The van der Waals surface area contributed by atoms with Gasteiger partial charge in [0.1, 0.15) is 11.5 Å². The number of aryl methyl sites for hydroxylation is 4. The highest BCUT2D eigenvalue weighted by molar-refractivity contribution is 6.11. The molecule has 0 aromatic heterocycles. The summed E-state index contributed by atoms with van der Waals surface area (Å²) >= 11 is 0. The molecule has 0 unspecified atom stereocenters. The Bertz CT molecular complexity index is 2210. The molecular formula is C47H49N3O6. The Morgan fingerprint density at radius 2 is 1.27 bits per heavy atom. The first-order valence-corrected chi connectivity index (χ1v) is 19.2. The van der Waals surface area contributed by atoms with E-state index in [4.69, 9.17) is 9.47 Å². The summed E-state index contributed by atoms with van der Waals surface area (Å²) in [6.45, 7) is 9.98. The summed E-state index contributed by atoms with van der Waals surface area (Å²) in [5.74, 6) is 0.215. The van der Waals surface area contributed by atoms with Gasteiger partial charge in [0.25, 0.3) is 11.8 Å². The van der Waals surface area contributed by atoms with Gasteiger partial charge in [-0.1, -0.05) is 73.2 Å². The van der Waals surface area contributed by atoms with Crippen LogP contribution >= 0.6 is 0 Å². The normalized spacial score (nSPS) is 12.8. The number of anilines is 2. The van der Waals surface area contributed by atoms with Gasteiger partial charge in [0.2, 0.25) is 0 Å². The van der Waals surface area contributed by atoms with E-state index in [1.165, 1.54) is 6.42 Å². The van der Waals surface area contributed by atoms with Gasteiger partial charge in [-0.15, -0.1) is 0 Å². The average Bonchev–Trinajstić information content (AvgIpc) is 3.21. The number of piperidine rings is 1. The van der Waals surface area contributed by atoms with Gasteiger partial charge in [0.15, 0.2) is 24.8 Å². The largest absolute Gasteiger partial charge is 0.483 e. The van der Waals surface area contributed by atoms with Crippen molar-refractivity contribution in [3.8, 4) is 11.5 Å². The molecule has 0 atom stereocenters. The van der Waals surface area contributed by atoms with Crippen molar-refractivity contribution in [2.45, 2.75) is 47.0 Å². The summed E-state index contributed by atoms with van der Waals surface area (Å²) in [5, 5.41) is 2.96. The van der Waals surface area contributed by atoms with Gasteiger partial charge in [0, 0.05) is 35.3 Å². The minimum atomic E-state index is -0.394. The molecule has 56 heavy (non-hydrogen) atoms. The Labute approximate surface area is 329 Å². The third-order valence-electron chi connectivity index (χ3n) is 10.2. The molecule has 1 saturated heterocycles. The molecule has 9 heteroatoms. The first-order valence-electron chi connectivity index (χ1n) is 19.2. The molecule has 0 saturated carbocycles. The minimum Gasteiger partial charge on any atom is -0.483 e. The van der Waals surface area contributed by atoms with Gasteiger partial charge in [-0.2, -0.15) is 0 Å². The molecule has 5 aromatic rings. The number of benzene rings is 5. The van der Waals surface area contributed by atoms with E-state index >= 15 is 0 Å². The summed E-state index contributed by atoms with van der Waals surface area (Å²) in [7, 11) is 0. The molecular weight excluding hydrogens is 703 g/mol. The number of ether oxygens (including phenoxy) is 2. The SMILES string of the molecule is Cc1cc(C(=O)c2ccccc2)c(C)cc1OCC(=O)Nc1ccccc1N(CCN1CCCCC1)C(=O)COc1ccc(C(=O)c2ccccc2C)cc1C. The zero-order chi connectivity index (χ0) is 39.6. The molecule has 1 N–H and O–H groups in total. The highest BCUT2D eigenvalue weighted by Gasteiger charge is 2.23. The van der Waals surface area contributed by atoms with Crippen LogP contribution < -0.4 is 19.7 Å². The second-order valence-electron chi connectivity index (χ2n) is 14.3. The number of carbonyl (C=O) groups is 4. The van der Waals surface area contributed by atoms with Crippen LogP contribution in [0.15, 0.2) is 109 Å². The topological polar surface area (TPSA) is 105 Å². The van der Waals surface area contributed by atoms with Gasteiger partial charge in [-0.3, -0.25) is 19.2 Å². The van der Waals surface area contributed by atoms with Crippen LogP contribution in [0.3, 0.4) is 0 Å². The highest BCUT2D eigenvalue weighted by Crippen LogP contribution is 2.29. The van der Waals surface area contributed by atoms with E-state index < -0.39 is 5.91 Å². The molecule has 1 fully saturated rings. The number of para-hydroxylation sites is 2. The van der Waals surface area contributed by atoms with Gasteiger partial charge in [0.05, 0.1) is 11.4 Å². The number of nitrogens with one attached hydrogen (secondary N) is 1. The Balaban J connectivity index is 1.14. The third kappa shape index (κ3) is 9.78. The van der Waals surface area contributed by atoms with E-state index in [-0.39, 0.29) is 30.7 Å². The maximum Gasteiger partial charge on any atom is 0.265 e. The maximum atomic E-state index is 14.0. The van der Waals surface area contributed by atoms with Crippen molar-refractivity contribution in [3.63, 3.8) is 0 Å². The molecule has 0 bridgehead atoms. The molecule has 0 spiro atoms. The first-order chi connectivity index (χ1) is 27.1. The number of hydrogen-bond donors (Lipinski definition) is 1. The van der Waals surface area contributed by atoms with Crippen molar-refractivity contribution in [3.05, 3.63) is 154 Å². The van der Waals surface area contributed by atoms with Gasteiger partial charge >= 0.3 is 0 Å². The van der Waals surface area contributed by atoms with Crippen LogP contribution in [0.25, 0.3) is 0 Å². The second kappa shape index (κ2) is 18.5. The molecule has 9 nitrogen and oxygen atoms in total. The van der Waals surface area contributed by atoms with Crippen LogP contribution in [0.1, 0.15) is 73.4 Å². The lowest BCUT2D eigenvalue weighted by atomic mass is 9.97. The molecule has 1 aliphatic rings. The highest BCUT2D eigenvalue weighted by atomic mass is 16.5. The molecule has 2 amide bonds. The average molecular weight is 752 g/mol. The summed E-state index contributed by atoms with van der Waals surface area (Å²) in [6.07, 6.45) is 3.44. The van der Waals surface area contributed by atoms with Crippen molar-refractivity contribution >= 4 is 34.8 Å². The monoisotopic (exact) mass is 751 g/mol. The van der Waals surface area contributed by atoms with Crippen molar-refractivity contribution in [2.75, 3.05) is 49.6 Å². The van der Waals surface area contributed by atoms with Crippen molar-refractivity contribution < 1.29 is 28.7 Å². The maximum absolute atomic E-state index is 14.0. The second-order valence-corrected chi connectivity index (χ2v) is 14.3. The Morgan fingerprint density at radius 3 is 2.02 bits per heavy atom. The number of amides is 2. The predicted molar refractivity (Wildman–Crippen MR) is 220 cm³/mol. The Hall–Kier alpha value is -6.06. The fourth-order valence-electron chi connectivity index (χ4n) is 7.04. The fraction of sp³-hybridized carbons (Fsp3) is 0.277. The Morgan fingerprint density at radius 1 is 0.607 bits per heavy atom. The molecule has 6 rings (SSSR count). The van der Waals surface area contributed by atoms with Crippen LogP contribution in [-0.2, 0) is 9.59 Å². The zero-order valence-electron chi connectivity index (χ0n) is 32.6. The number of hydrogen-bond acceptors (Lipinski definition) is 7. The van der Waals surface area contributed by atoms with Crippen molar-refractivity contribution in [1.29, 1.82) is 0 Å². The Kier molecular flexibility index (Phi) is 13.1. The number of nitrogens with zero attached hydrogens (tertiary/aromatic N) is 2. The molecule has 0 radical (unpaired) electrons. The van der Waals surface area contributed by atoms with E-state index in [1.54, 1.807) is 53.4 Å². The van der Waals surface area contributed by atoms with Gasteiger partial charge in [-0.25, -0.2) is 0 Å². The van der Waals surface area contributed by atoms with Crippen LogP contribution in [0.2, 0.25) is 0 Å². The van der Waals surface area contributed by atoms with E-state index in [0.717, 1.165) is 48.2 Å². The van der Waals surface area contributed by atoms with Crippen LogP contribution in [-0.4, -0.2) is 67.7 Å². The summed E-state index contributed by atoms with van der Waals surface area (Å²) in [4.78, 5) is 57.8. The number of carbonyl (C=O) groups excluding carboxylic acids is 4. The molecule has 0 aliphatic carbocycles. The van der Waals surface area contributed by atoms with E-state index in [2.05, 4.69) is 10.2 Å². The van der Waals surface area contributed by atoms with Gasteiger partial charge < -0.3 is 24.6 Å². The predicted octanol–water partition coefficient (Wildman–Crippen LogP) is 8.30. The lowest BCUT2D eigenvalue weighted by molar-refractivity contribution is -0.121. The molecule has 5 aromatic carbocycles. The van der Waals surface area contributed by atoms with Crippen molar-refractivity contribution in [1.82, 2.24) is 4.90 Å². The van der Waals surface area contributed by atoms with Crippen LogP contribution in [0.4, 0.5) is 11.4 Å². The molecule has 1 aliphatic heterocycles. The smallest absolute Gasteiger partial charge is 0.265 e. The lowest BCUT2D eigenvalue weighted by Gasteiger charge is -2.31. The van der Waals surface area contributed by atoms with E-state index in [9.17, 15) is 19.2 Å². The molecule has 1 heterocycles. The van der Waals surface area contributed by atoms with Crippen LogP contribution in [0, 0.1) is 27.7 Å². The number of rotatable bonds is 15.